The van der Waals surface area contributed by atoms with E-state index in [0.29, 0.717) is 18.8 Å². The van der Waals surface area contributed by atoms with Gasteiger partial charge in [-0.2, -0.15) is 0 Å². The van der Waals surface area contributed by atoms with Crippen LogP contribution in [-0.2, 0) is 4.79 Å². The minimum absolute atomic E-state index is 0.0709. The van der Waals surface area contributed by atoms with Crippen LogP contribution < -0.4 is 14.8 Å². The first-order valence-corrected chi connectivity index (χ1v) is 13.8. The standard InChI is InChI=1S/C33H39NO3/c1-5-6-7-8-11-18-37-28-17-15-23(19-29(28)36-4)32-31-25(20-33(2,3)21-27(31)35)30-24-13-10-9-12-22(24)14-16-26(30)34-32/h9-10,12-17,19,32,34H,5-8,11,18,20-21H2,1-4H3/t32-/m1/s1. The molecular weight excluding hydrogens is 458 g/mol. The number of fused-ring (bicyclic) bond motifs is 4. The lowest BCUT2D eigenvalue weighted by Crippen LogP contribution is -2.33. The molecule has 0 saturated carbocycles. The molecule has 5 rings (SSSR count). The van der Waals surface area contributed by atoms with Gasteiger partial charge in [0.25, 0.3) is 0 Å². The van der Waals surface area contributed by atoms with Crippen molar-refractivity contribution in [3.05, 3.63) is 71.3 Å². The van der Waals surface area contributed by atoms with E-state index in [2.05, 4.69) is 68.6 Å². The Kier molecular flexibility index (Phi) is 7.28. The number of hydrogen-bond donors (Lipinski definition) is 1. The zero-order valence-electron chi connectivity index (χ0n) is 22.7. The summed E-state index contributed by atoms with van der Waals surface area (Å²) in [6.07, 6.45) is 7.43. The van der Waals surface area contributed by atoms with Crippen molar-refractivity contribution in [1.82, 2.24) is 0 Å². The molecule has 37 heavy (non-hydrogen) atoms. The lowest BCUT2D eigenvalue weighted by atomic mass is 9.68. The van der Waals surface area contributed by atoms with Crippen molar-refractivity contribution < 1.29 is 14.3 Å². The van der Waals surface area contributed by atoms with Crippen LogP contribution in [0.3, 0.4) is 0 Å². The van der Waals surface area contributed by atoms with Crippen molar-refractivity contribution in [2.24, 2.45) is 5.41 Å². The zero-order valence-corrected chi connectivity index (χ0v) is 22.7. The lowest BCUT2D eigenvalue weighted by molar-refractivity contribution is -0.118. The highest BCUT2D eigenvalue weighted by atomic mass is 16.5. The third-order valence-electron chi connectivity index (χ3n) is 7.77. The molecule has 1 atom stereocenters. The smallest absolute Gasteiger partial charge is 0.162 e. The molecule has 1 aliphatic carbocycles. The first-order chi connectivity index (χ1) is 17.9. The number of allylic oxidation sites excluding steroid dienone is 1. The van der Waals surface area contributed by atoms with Crippen LogP contribution in [-0.4, -0.2) is 19.5 Å². The molecule has 1 N–H and O–H groups in total. The summed E-state index contributed by atoms with van der Waals surface area (Å²) in [5, 5.41) is 6.12. The molecule has 1 heterocycles. The molecule has 194 valence electrons. The van der Waals surface area contributed by atoms with Crippen molar-refractivity contribution in [2.75, 3.05) is 19.0 Å². The quantitative estimate of drug-likeness (QED) is 0.301. The summed E-state index contributed by atoms with van der Waals surface area (Å²) in [7, 11) is 1.68. The number of rotatable bonds is 9. The van der Waals surface area contributed by atoms with Crippen LogP contribution in [0.25, 0.3) is 16.3 Å². The predicted octanol–water partition coefficient (Wildman–Crippen LogP) is 8.51. The Bertz CT molecular complexity index is 1340. The summed E-state index contributed by atoms with van der Waals surface area (Å²) in [4.78, 5) is 13.7. The van der Waals surface area contributed by atoms with Gasteiger partial charge in [-0.15, -0.1) is 0 Å². The first kappa shape index (κ1) is 25.4. The number of carbonyl (C=O) groups excluding carboxylic acids is 1. The first-order valence-electron chi connectivity index (χ1n) is 13.8. The van der Waals surface area contributed by atoms with Gasteiger partial charge in [-0.3, -0.25) is 4.79 Å². The number of ether oxygens (including phenoxy) is 2. The average Bonchev–Trinajstić information content (AvgIpc) is 2.89. The van der Waals surface area contributed by atoms with E-state index >= 15 is 0 Å². The molecule has 4 nitrogen and oxygen atoms in total. The Morgan fingerprint density at radius 3 is 2.57 bits per heavy atom. The Labute approximate surface area is 221 Å². The molecule has 0 fully saturated rings. The monoisotopic (exact) mass is 497 g/mol. The third kappa shape index (κ3) is 5.12. The topological polar surface area (TPSA) is 47.6 Å². The van der Waals surface area contributed by atoms with Crippen LogP contribution in [0.4, 0.5) is 5.69 Å². The van der Waals surface area contributed by atoms with E-state index in [-0.39, 0.29) is 17.2 Å². The number of hydrogen-bond acceptors (Lipinski definition) is 4. The van der Waals surface area contributed by atoms with Gasteiger partial charge in [-0.25, -0.2) is 0 Å². The van der Waals surface area contributed by atoms with Gasteiger partial charge in [0.2, 0.25) is 0 Å². The highest BCUT2D eigenvalue weighted by Crippen LogP contribution is 2.52. The summed E-state index contributed by atoms with van der Waals surface area (Å²) in [6, 6.07) is 18.7. The molecule has 0 radical (unpaired) electrons. The molecule has 4 heteroatoms. The van der Waals surface area contributed by atoms with Gasteiger partial charge >= 0.3 is 0 Å². The summed E-state index contributed by atoms with van der Waals surface area (Å²) in [5.74, 6) is 1.70. The Hall–Kier alpha value is -3.27. The highest BCUT2D eigenvalue weighted by Gasteiger charge is 2.41. The van der Waals surface area contributed by atoms with Gasteiger partial charge < -0.3 is 14.8 Å². The highest BCUT2D eigenvalue weighted by molar-refractivity contribution is 6.12. The Morgan fingerprint density at radius 2 is 1.76 bits per heavy atom. The molecule has 0 bridgehead atoms. The predicted molar refractivity (Wildman–Crippen MR) is 153 cm³/mol. The number of unbranched alkanes of at least 4 members (excludes halogenated alkanes) is 4. The van der Waals surface area contributed by atoms with E-state index in [0.717, 1.165) is 35.4 Å². The molecule has 3 aromatic carbocycles. The number of methoxy groups -OCH3 is 1. The molecule has 0 amide bonds. The zero-order chi connectivity index (χ0) is 26.0. The second kappa shape index (κ2) is 10.6. The van der Waals surface area contributed by atoms with Crippen molar-refractivity contribution in [3.63, 3.8) is 0 Å². The second-order valence-electron chi connectivity index (χ2n) is 11.3. The van der Waals surface area contributed by atoms with Crippen molar-refractivity contribution in [1.29, 1.82) is 0 Å². The summed E-state index contributed by atoms with van der Waals surface area (Å²) < 4.78 is 11.8. The second-order valence-corrected chi connectivity index (χ2v) is 11.3. The number of carbonyl (C=O) groups is 1. The molecule has 3 aromatic rings. The van der Waals surface area contributed by atoms with Crippen LogP contribution in [0.15, 0.2) is 60.2 Å². The molecule has 0 unspecified atom stereocenters. The van der Waals surface area contributed by atoms with Crippen molar-refractivity contribution >= 4 is 27.8 Å². The summed E-state index contributed by atoms with van der Waals surface area (Å²) in [5.41, 5.74) is 5.29. The van der Waals surface area contributed by atoms with E-state index in [9.17, 15) is 4.79 Å². The van der Waals surface area contributed by atoms with Crippen LogP contribution in [0, 0.1) is 5.41 Å². The van der Waals surface area contributed by atoms with Crippen molar-refractivity contribution in [3.8, 4) is 11.5 Å². The van der Waals surface area contributed by atoms with E-state index in [1.54, 1.807) is 7.11 Å². The van der Waals surface area contributed by atoms with E-state index in [1.807, 2.05) is 12.1 Å². The minimum atomic E-state index is -0.218. The number of Topliss-reactive ketones (excluding diaryl/α,β-unsaturated/α-hetero) is 1. The largest absolute Gasteiger partial charge is 0.493 e. The van der Waals surface area contributed by atoms with Crippen LogP contribution in [0.1, 0.15) is 82.9 Å². The molecule has 1 aliphatic heterocycles. The van der Waals surface area contributed by atoms with Gasteiger partial charge in [-0.05, 0) is 58.4 Å². The fourth-order valence-corrected chi connectivity index (χ4v) is 5.96. The maximum Gasteiger partial charge on any atom is 0.162 e. The SMILES string of the molecule is CCCCCCCOc1ccc([C@H]2Nc3ccc4ccccc4c3C3=C2C(=O)CC(C)(C)C3)cc1OC. The summed E-state index contributed by atoms with van der Waals surface area (Å²) in [6.45, 7) is 7.32. The van der Waals surface area contributed by atoms with Crippen LogP contribution >= 0.6 is 0 Å². The van der Waals surface area contributed by atoms with Gasteiger partial charge in [0.1, 0.15) is 0 Å². The van der Waals surface area contributed by atoms with Crippen molar-refractivity contribution in [2.45, 2.75) is 71.8 Å². The number of nitrogens with one attached hydrogen (secondary N) is 1. The molecule has 0 saturated heterocycles. The van der Waals surface area contributed by atoms with Crippen LogP contribution in [0.5, 0.6) is 11.5 Å². The van der Waals surface area contributed by atoms with E-state index in [1.165, 1.54) is 47.6 Å². The Morgan fingerprint density at radius 1 is 0.946 bits per heavy atom. The minimum Gasteiger partial charge on any atom is -0.493 e. The molecule has 2 aliphatic rings. The van der Waals surface area contributed by atoms with Gasteiger partial charge in [0.05, 0.1) is 19.8 Å². The van der Waals surface area contributed by atoms with Gasteiger partial charge in [0, 0.05) is 23.2 Å². The maximum absolute atomic E-state index is 13.7. The van der Waals surface area contributed by atoms with Gasteiger partial charge in [-0.1, -0.05) is 82.9 Å². The fourth-order valence-electron chi connectivity index (χ4n) is 5.96. The summed E-state index contributed by atoms with van der Waals surface area (Å²) >= 11 is 0. The lowest BCUT2D eigenvalue weighted by Gasteiger charge is -2.40. The van der Waals surface area contributed by atoms with Crippen LogP contribution in [0.2, 0.25) is 0 Å². The fraction of sp³-hybridized carbons (Fsp3) is 0.424. The molecule has 0 aromatic heterocycles. The number of benzene rings is 3. The Balaban J connectivity index is 1.51. The van der Waals surface area contributed by atoms with Gasteiger partial charge in [0.15, 0.2) is 17.3 Å². The van der Waals surface area contributed by atoms with E-state index in [4.69, 9.17) is 9.47 Å². The maximum atomic E-state index is 13.7. The number of anilines is 1. The third-order valence-corrected chi connectivity index (χ3v) is 7.77. The number of ketones is 1. The normalized spacial score (nSPS) is 18.3. The molecule has 0 spiro atoms. The average molecular weight is 498 g/mol. The van der Waals surface area contributed by atoms with E-state index < -0.39 is 0 Å². The molecular formula is C33H39NO3.